The van der Waals surface area contributed by atoms with Crippen molar-refractivity contribution in [3.05, 3.63) is 76.4 Å². The van der Waals surface area contributed by atoms with Crippen LogP contribution < -0.4 is 11.1 Å². The van der Waals surface area contributed by atoms with Crippen LogP contribution in [0.3, 0.4) is 0 Å². The van der Waals surface area contributed by atoms with Crippen LogP contribution in [0.15, 0.2) is 58.9 Å². The molecule has 3 N–H and O–H groups in total. The van der Waals surface area contributed by atoms with Crippen molar-refractivity contribution < 1.29 is 19.3 Å². The summed E-state index contributed by atoms with van der Waals surface area (Å²) in [6, 6.07) is 12.9. The van der Waals surface area contributed by atoms with Crippen molar-refractivity contribution in [1.82, 2.24) is 5.32 Å². The summed E-state index contributed by atoms with van der Waals surface area (Å²) in [7, 11) is 2.92. The molecule has 8 heteroatoms. The van der Waals surface area contributed by atoms with E-state index in [4.69, 9.17) is 15.4 Å². The lowest BCUT2D eigenvalue weighted by molar-refractivity contribution is -0.114. The number of amides is 1. The topological polar surface area (TPSA) is 115 Å². The van der Waals surface area contributed by atoms with Crippen LogP contribution in [0.25, 0.3) is 5.70 Å². The molecule has 0 saturated carbocycles. The number of nitrogens with zero attached hydrogens (tertiary/aromatic N) is 2. The van der Waals surface area contributed by atoms with Gasteiger partial charge in [0.1, 0.15) is 13.7 Å². The van der Waals surface area contributed by atoms with Crippen LogP contribution in [0.1, 0.15) is 41.7 Å². The fourth-order valence-corrected chi connectivity index (χ4v) is 2.99. The Balaban J connectivity index is 2.22. The van der Waals surface area contributed by atoms with E-state index in [0.717, 1.165) is 22.3 Å². The van der Waals surface area contributed by atoms with E-state index >= 15 is 0 Å². The predicted molar refractivity (Wildman–Crippen MR) is 125 cm³/mol. The number of nitrogens with one attached hydrogen (secondary N) is 1. The van der Waals surface area contributed by atoms with Gasteiger partial charge in [0.2, 0.25) is 0 Å². The molecule has 0 fully saturated rings. The summed E-state index contributed by atoms with van der Waals surface area (Å²) in [5, 5.41) is 10.6. The van der Waals surface area contributed by atoms with E-state index in [1.54, 1.807) is 6.07 Å². The molecule has 0 heterocycles. The van der Waals surface area contributed by atoms with Gasteiger partial charge in [-0.15, -0.1) is 0 Å². The van der Waals surface area contributed by atoms with Crippen LogP contribution in [0, 0.1) is 6.92 Å². The molecule has 0 aliphatic heterocycles. The monoisotopic (exact) mass is 436 g/mol. The van der Waals surface area contributed by atoms with E-state index in [-0.39, 0.29) is 24.0 Å². The molecule has 0 aromatic heterocycles. The van der Waals surface area contributed by atoms with Crippen molar-refractivity contribution in [2.24, 2.45) is 16.0 Å². The number of likely N-dealkylation sites (N-methyl/N-ethyl adjacent to an activating group) is 1. The third-order valence-corrected chi connectivity index (χ3v) is 4.70. The number of hydrogen-bond acceptors (Lipinski definition) is 7. The van der Waals surface area contributed by atoms with E-state index in [9.17, 15) is 9.59 Å². The smallest absolute Gasteiger partial charge is 0.273 e. The Kier molecular flexibility index (Phi) is 8.71. The fourth-order valence-electron chi connectivity index (χ4n) is 2.99. The van der Waals surface area contributed by atoms with Gasteiger partial charge < -0.3 is 20.7 Å². The van der Waals surface area contributed by atoms with Crippen LogP contribution >= 0.6 is 0 Å². The Bertz CT molecular complexity index is 1070. The normalized spacial score (nSPS) is 12.3. The molecule has 0 saturated heterocycles. The summed E-state index contributed by atoms with van der Waals surface area (Å²) < 4.78 is 0. The first-order valence-corrected chi connectivity index (χ1v) is 9.95. The molecule has 0 aliphatic carbocycles. The Hall–Kier alpha value is -3.94. The molecule has 0 bridgehead atoms. The Morgan fingerprint density at radius 2 is 1.72 bits per heavy atom. The lowest BCUT2D eigenvalue weighted by Crippen LogP contribution is -2.29. The molecule has 0 spiro atoms. The van der Waals surface area contributed by atoms with Gasteiger partial charge in [-0.05, 0) is 37.5 Å². The Labute approximate surface area is 187 Å². The largest absolute Gasteiger partial charge is 0.398 e. The van der Waals surface area contributed by atoms with Crippen LogP contribution in [0.5, 0.6) is 0 Å². The number of carbonyl (C=O) groups is 2. The maximum absolute atomic E-state index is 12.2. The molecule has 32 heavy (non-hydrogen) atoms. The maximum Gasteiger partial charge on any atom is 0.273 e. The molecule has 0 atom stereocenters. The minimum atomic E-state index is -0.364. The zero-order chi connectivity index (χ0) is 23.7. The van der Waals surface area contributed by atoms with Crippen LogP contribution in [0.2, 0.25) is 0 Å². The van der Waals surface area contributed by atoms with Crippen molar-refractivity contribution in [2.45, 2.75) is 27.4 Å². The summed E-state index contributed by atoms with van der Waals surface area (Å²) >= 11 is 0. The zero-order valence-electron chi connectivity index (χ0n) is 18.9. The summed E-state index contributed by atoms with van der Waals surface area (Å²) in [5.41, 5.74) is 11.1. The highest BCUT2D eigenvalue weighted by Crippen LogP contribution is 2.18. The van der Waals surface area contributed by atoms with E-state index < -0.39 is 0 Å². The lowest BCUT2D eigenvalue weighted by atomic mass is 9.98. The SMILES string of the molecule is CNC(=O)/C(=N/OC)c1cccc(C)c1CO/N=C(\C)c1ccc(/C(N)=C/C(C)=O)cc1. The molecule has 168 valence electrons. The first-order chi connectivity index (χ1) is 15.3. The van der Waals surface area contributed by atoms with E-state index in [1.807, 2.05) is 50.2 Å². The van der Waals surface area contributed by atoms with Gasteiger partial charge in [-0.3, -0.25) is 9.59 Å². The third kappa shape index (κ3) is 6.28. The van der Waals surface area contributed by atoms with Gasteiger partial charge in [0.15, 0.2) is 11.5 Å². The average molecular weight is 437 g/mol. The van der Waals surface area contributed by atoms with Gasteiger partial charge in [0.25, 0.3) is 5.91 Å². The predicted octanol–water partition coefficient (Wildman–Crippen LogP) is 2.92. The molecule has 1 amide bonds. The molecular formula is C24H28N4O4. The van der Waals surface area contributed by atoms with Gasteiger partial charge in [-0.25, -0.2) is 0 Å². The number of ketones is 1. The van der Waals surface area contributed by atoms with Crippen molar-refractivity contribution >= 4 is 28.8 Å². The number of nitrogens with two attached hydrogens (primary N) is 1. The van der Waals surface area contributed by atoms with E-state index in [2.05, 4.69) is 15.6 Å². The van der Waals surface area contributed by atoms with Crippen molar-refractivity contribution in [1.29, 1.82) is 0 Å². The van der Waals surface area contributed by atoms with E-state index in [0.29, 0.717) is 17.0 Å². The molecule has 8 nitrogen and oxygen atoms in total. The number of rotatable bonds is 9. The molecule has 0 aliphatic rings. The van der Waals surface area contributed by atoms with Crippen molar-refractivity contribution in [3.63, 3.8) is 0 Å². The lowest BCUT2D eigenvalue weighted by Gasteiger charge is -2.13. The number of aryl methyl sites for hydroxylation is 1. The van der Waals surface area contributed by atoms with Crippen LogP contribution in [-0.4, -0.2) is 37.3 Å². The molecule has 0 unspecified atom stereocenters. The minimum absolute atomic E-state index is 0.108. The quantitative estimate of drug-likeness (QED) is 0.356. The highest BCUT2D eigenvalue weighted by Gasteiger charge is 2.19. The number of hydrogen-bond donors (Lipinski definition) is 2. The highest BCUT2D eigenvalue weighted by atomic mass is 16.6. The summed E-state index contributed by atoms with van der Waals surface area (Å²) in [6.45, 7) is 5.34. The second-order valence-electron chi connectivity index (χ2n) is 7.04. The Morgan fingerprint density at radius 3 is 2.31 bits per heavy atom. The third-order valence-electron chi connectivity index (χ3n) is 4.70. The number of carbonyl (C=O) groups excluding carboxylic acids is 2. The second-order valence-corrected chi connectivity index (χ2v) is 7.04. The molecule has 0 radical (unpaired) electrons. The molecular weight excluding hydrogens is 408 g/mol. The molecule has 2 aromatic rings. The van der Waals surface area contributed by atoms with Crippen molar-refractivity contribution in [2.75, 3.05) is 14.2 Å². The van der Waals surface area contributed by atoms with Crippen LogP contribution in [-0.2, 0) is 25.9 Å². The summed E-state index contributed by atoms with van der Waals surface area (Å²) in [6.07, 6.45) is 1.39. The van der Waals surface area contributed by atoms with Gasteiger partial charge >= 0.3 is 0 Å². The number of allylic oxidation sites excluding steroid dienone is 1. The number of benzene rings is 2. The van der Waals surface area contributed by atoms with E-state index in [1.165, 1.54) is 27.2 Å². The first kappa shape index (κ1) is 24.3. The van der Waals surface area contributed by atoms with Gasteiger partial charge in [-0.2, -0.15) is 0 Å². The number of oxime groups is 2. The van der Waals surface area contributed by atoms with Gasteiger partial charge in [0, 0.05) is 29.9 Å². The Morgan fingerprint density at radius 1 is 1.06 bits per heavy atom. The zero-order valence-corrected chi connectivity index (χ0v) is 18.9. The molecule has 2 rings (SSSR count). The summed E-state index contributed by atoms with van der Waals surface area (Å²) in [5.74, 6) is -0.472. The van der Waals surface area contributed by atoms with Crippen molar-refractivity contribution in [3.8, 4) is 0 Å². The maximum atomic E-state index is 12.2. The minimum Gasteiger partial charge on any atom is -0.398 e. The first-order valence-electron chi connectivity index (χ1n) is 9.95. The fraction of sp³-hybridized carbons (Fsp3) is 0.250. The molecule has 2 aromatic carbocycles. The second kappa shape index (κ2) is 11.5. The van der Waals surface area contributed by atoms with Gasteiger partial charge in [-0.1, -0.05) is 52.8 Å². The summed E-state index contributed by atoms with van der Waals surface area (Å²) in [4.78, 5) is 33.9. The van der Waals surface area contributed by atoms with Gasteiger partial charge in [0.05, 0.1) is 5.71 Å². The standard InChI is InChI=1S/C24H28N4O4/c1-15-7-6-8-20(23(28-31-5)24(30)26-4)21(15)14-32-27-17(3)18-9-11-19(12-10-18)22(25)13-16(2)29/h6-13H,14,25H2,1-5H3,(H,26,30)/b22-13-,27-17+,28-23+. The van der Waals surface area contributed by atoms with Crippen LogP contribution in [0.4, 0.5) is 0 Å². The highest BCUT2D eigenvalue weighted by molar-refractivity contribution is 6.45. The average Bonchev–Trinajstić information content (AvgIpc) is 2.77.